The number of rotatable bonds is 3. The Bertz CT molecular complexity index is 576. The lowest BCUT2D eigenvalue weighted by Crippen LogP contribution is -2.19. The van der Waals surface area contributed by atoms with E-state index in [1.54, 1.807) is 29.1 Å². The van der Waals surface area contributed by atoms with Gasteiger partial charge in [-0.25, -0.2) is 9.07 Å². The lowest BCUT2D eigenvalue weighted by atomic mass is 10.2. The molecule has 1 aliphatic heterocycles. The Hall–Kier alpha value is -1.88. The van der Waals surface area contributed by atoms with Crippen molar-refractivity contribution in [2.45, 2.75) is 19.4 Å². The summed E-state index contributed by atoms with van der Waals surface area (Å²) in [5, 5.41) is 7.65. The van der Waals surface area contributed by atoms with Crippen molar-refractivity contribution >= 4 is 5.69 Å². The molecule has 0 aliphatic carbocycles. The zero-order valence-electron chi connectivity index (χ0n) is 10.8. The number of hydrogen-bond acceptors (Lipinski definition) is 3. The molecule has 19 heavy (non-hydrogen) atoms. The van der Waals surface area contributed by atoms with E-state index in [9.17, 15) is 4.39 Å². The predicted molar refractivity (Wildman–Crippen MR) is 71.1 cm³/mol. The molecule has 1 N–H and O–H groups in total. The van der Waals surface area contributed by atoms with Gasteiger partial charge in [-0.1, -0.05) is 12.1 Å². The normalized spacial score (nSPS) is 18.7. The highest BCUT2D eigenvalue weighted by molar-refractivity contribution is 5.50. The smallest absolute Gasteiger partial charge is 0.148 e. The predicted octanol–water partition coefficient (Wildman–Crippen LogP) is 2.52. The van der Waals surface area contributed by atoms with Crippen molar-refractivity contribution < 1.29 is 9.13 Å². The Morgan fingerprint density at radius 1 is 1.42 bits per heavy atom. The second kappa shape index (κ2) is 5.01. The summed E-state index contributed by atoms with van der Waals surface area (Å²) in [6.07, 6.45) is 2.73. The number of benzene rings is 1. The van der Waals surface area contributed by atoms with Gasteiger partial charge in [0.25, 0.3) is 0 Å². The van der Waals surface area contributed by atoms with Crippen LogP contribution < -0.4 is 5.32 Å². The second-order valence-corrected chi connectivity index (χ2v) is 4.71. The third-order valence-electron chi connectivity index (χ3n) is 3.38. The van der Waals surface area contributed by atoms with Crippen LogP contribution >= 0.6 is 0 Å². The summed E-state index contributed by atoms with van der Waals surface area (Å²) in [5.41, 5.74) is 2.30. The first kappa shape index (κ1) is 12.2. The van der Waals surface area contributed by atoms with E-state index in [-0.39, 0.29) is 5.82 Å². The molecule has 1 aromatic carbocycles. The van der Waals surface area contributed by atoms with Gasteiger partial charge in [0, 0.05) is 6.61 Å². The molecule has 2 heterocycles. The first-order chi connectivity index (χ1) is 9.25. The van der Waals surface area contributed by atoms with E-state index in [2.05, 4.69) is 10.4 Å². The van der Waals surface area contributed by atoms with E-state index in [0.717, 1.165) is 24.4 Å². The fourth-order valence-electron chi connectivity index (χ4n) is 2.29. The maximum atomic E-state index is 13.8. The summed E-state index contributed by atoms with van der Waals surface area (Å²) in [4.78, 5) is 0. The minimum Gasteiger partial charge on any atom is -0.379 e. The molecule has 0 spiro atoms. The Kier molecular flexibility index (Phi) is 3.21. The average molecular weight is 261 g/mol. The molecule has 1 fully saturated rings. The summed E-state index contributed by atoms with van der Waals surface area (Å²) >= 11 is 0. The van der Waals surface area contributed by atoms with Gasteiger partial charge in [-0.3, -0.25) is 0 Å². The molecular weight excluding hydrogens is 245 g/mol. The van der Waals surface area contributed by atoms with Gasteiger partial charge in [0.2, 0.25) is 0 Å². The molecule has 0 unspecified atom stereocenters. The van der Waals surface area contributed by atoms with Gasteiger partial charge in [0.05, 0.1) is 30.2 Å². The van der Waals surface area contributed by atoms with Crippen LogP contribution in [-0.4, -0.2) is 29.0 Å². The van der Waals surface area contributed by atoms with Crippen LogP contribution in [0.4, 0.5) is 10.1 Å². The summed E-state index contributed by atoms with van der Waals surface area (Å²) in [6, 6.07) is 6.95. The SMILES string of the molecule is Cc1c(N[C@@H]2CCOC2)cnn1-c1ccccc1F. The molecule has 0 saturated carbocycles. The van der Waals surface area contributed by atoms with Crippen molar-refractivity contribution in [3.05, 3.63) is 42.0 Å². The van der Waals surface area contributed by atoms with Crippen LogP contribution in [0.5, 0.6) is 0 Å². The van der Waals surface area contributed by atoms with Crippen LogP contribution in [0.1, 0.15) is 12.1 Å². The number of aromatic nitrogens is 2. The highest BCUT2D eigenvalue weighted by Gasteiger charge is 2.18. The molecule has 0 amide bonds. The molecule has 3 rings (SSSR count). The van der Waals surface area contributed by atoms with E-state index in [1.807, 2.05) is 6.92 Å². The maximum Gasteiger partial charge on any atom is 0.148 e. The van der Waals surface area contributed by atoms with Crippen LogP contribution in [0.3, 0.4) is 0 Å². The number of nitrogens with one attached hydrogen (secondary N) is 1. The average Bonchev–Trinajstić information content (AvgIpc) is 3.03. The van der Waals surface area contributed by atoms with Gasteiger partial charge >= 0.3 is 0 Å². The molecule has 0 radical (unpaired) electrons. The standard InChI is InChI=1S/C14H16FN3O/c1-10-13(17-11-6-7-19-9-11)8-16-18(10)14-5-3-2-4-12(14)15/h2-5,8,11,17H,6-7,9H2,1H3/t11-/m1/s1. The van der Waals surface area contributed by atoms with Gasteiger partial charge in [-0.15, -0.1) is 0 Å². The first-order valence-electron chi connectivity index (χ1n) is 6.39. The van der Waals surface area contributed by atoms with E-state index >= 15 is 0 Å². The van der Waals surface area contributed by atoms with Crippen molar-refractivity contribution in [3.8, 4) is 5.69 Å². The zero-order chi connectivity index (χ0) is 13.2. The summed E-state index contributed by atoms with van der Waals surface area (Å²) in [6.45, 7) is 3.43. The molecule has 1 saturated heterocycles. The quantitative estimate of drug-likeness (QED) is 0.922. The molecule has 0 bridgehead atoms. The lowest BCUT2D eigenvalue weighted by Gasteiger charge is -2.12. The van der Waals surface area contributed by atoms with Crippen LogP contribution in [0.2, 0.25) is 0 Å². The topological polar surface area (TPSA) is 39.1 Å². The number of nitrogens with zero attached hydrogens (tertiary/aromatic N) is 2. The Balaban J connectivity index is 1.88. The molecule has 1 aromatic heterocycles. The van der Waals surface area contributed by atoms with Crippen molar-refractivity contribution in [2.75, 3.05) is 18.5 Å². The molecule has 100 valence electrons. The van der Waals surface area contributed by atoms with Crippen LogP contribution in [0, 0.1) is 12.7 Å². The fraction of sp³-hybridized carbons (Fsp3) is 0.357. The number of anilines is 1. The van der Waals surface area contributed by atoms with Crippen molar-refractivity contribution in [1.29, 1.82) is 0 Å². The van der Waals surface area contributed by atoms with Gasteiger partial charge in [-0.2, -0.15) is 5.10 Å². The Morgan fingerprint density at radius 2 is 2.26 bits per heavy atom. The number of halogens is 1. The highest BCUT2D eigenvalue weighted by Crippen LogP contribution is 2.22. The van der Waals surface area contributed by atoms with Gasteiger partial charge < -0.3 is 10.1 Å². The van der Waals surface area contributed by atoms with Gasteiger partial charge in [-0.05, 0) is 25.5 Å². The molecule has 1 aliphatic rings. The van der Waals surface area contributed by atoms with Gasteiger partial charge in [0.1, 0.15) is 11.5 Å². The summed E-state index contributed by atoms with van der Waals surface area (Å²) in [7, 11) is 0. The largest absolute Gasteiger partial charge is 0.379 e. The van der Waals surface area contributed by atoms with Gasteiger partial charge in [0.15, 0.2) is 0 Å². The molecule has 4 nitrogen and oxygen atoms in total. The maximum absolute atomic E-state index is 13.8. The molecule has 5 heteroatoms. The summed E-state index contributed by atoms with van der Waals surface area (Å²) in [5.74, 6) is -0.274. The third kappa shape index (κ3) is 2.33. The van der Waals surface area contributed by atoms with Crippen LogP contribution in [0.25, 0.3) is 5.69 Å². The van der Waals surface area contributed by atoms with E-state index in [4.69, 9.17) is 4.74 Å². The van der Waals surface area contributed by atoms with E-state index < -0.39 is 0 Å². The van der Waals surface area contributed by atoms with Crippen molar-refractivity contribution in [3.63, 3.8) is 0 Å². The zero-order valence-corrected chi connectivity index (χ0v) is 10.8. The molecule has 1 atom stereocenters. The molecule has 2 aromatic rings. The van der Waals surface area contributed by atoms with Crippen LogP contribution in [0.15, 0.2) is 30.5 Å². The fourth-order valence-corrected chi connectivity index (χ4v) is 2.29. The first-order valence-corrected chi connectivity index (χ1v) is 6.39. The van der Waals surface area contributed by atoms with E-state index in [1.165, 1.54) is 6.07 Å². The number of ether oxygens (including phenoxy) is 1. The highest BCUT2D eigenvalue weighted by atomic mass is 19.1. The van der Waals surface area contributed by atoms with Crippen LogP contribution in [-0.2, 0) is 4.74 Å². The minimum atomic E-state index is -0.274. The molecular formula is C14H16FN3O. The second-order valence-electron chi connectivity index (χ2n) is 4.71. The summed E-state index contributed by atoms with van der Waals surface area (Å²) < 4.78 is 20.7. The number of para-hydroxylation sites is 1. The minimum absolute atomic E-state index is 0.274. The monoisotopic (exact) mass is 261 g/mol. The lowest BCUT2D eigenvalue weighted by molar-refractivity contribution is 0.195. The number of hydrogen-bond donors (Lipinski definition) is 1. The Morgan fingerprint density at radius 3 is 3.00 bits per heavy atom. The van der Waals surface area contributed by atoms with E-state index in [0.29, 0.717) is 18.3 Å². The van der Waals surface area contributed by atoms with Crippen molar-refractivity contribution in [2.24, 2.45) is 0 Å². The van der Waals surface area contributed by atoms with Crippen molar-refractivity contribution in [1.82, 2.24) is 9.78 Å². The third-order valence-corrected chi connectivity index (χ3v) is 3.38. The Labute approximate surface area is 111 Å².